The third-order valence-corrected chi connectivity index (χ3v) is 3.01. The van der Waals surface area contributed by atoms with Gasteiger partial charge in [-0.2, -0.15) is 0 Å². The van der Waals surface area contributed by atoms with Crippen LogP contribution in [0.15, 0.2) is 36.4 Å². The van der Waals surface area contributed by atoms with Gasteiger partial charge in [0.1, 0.15) is 5.75 Å². The van der Waals surface area contributed by atoms with Crippen LogP contribution in [0.1, 0.15) is 25.3 Å². The van der Waals surface area contributed by atoms with Crippen molar-refractivity contribution in [3.05, 3.63) is 42.0 Å². The molecule has 0 saturated carbocycles. The van der Waals surface area contributed by atoms with Crippen molar-refractivity contribution in [2.45, 2.75) is 19.8 Å². The SMILES string of the molecule is CCOC(=O)[C@@H](C)c1cccc2ccc(O)cc12. The average molecular weight is 244 g/mol. The summed E-state index contributed by atoms with van der Waals surface area (Å²) in [5.41, 5.74) is 0.877. The summed E-state index contributed by atoms with van der Waals surface area (Å²) in [5, 5.41) is 11.5. The summed E-state index contributed by atoms with van der Waals surface area (Å²) >= 11 is 0. The maximum atomic E-state index is 11.8. The van der Waals surface area contributed by atoms with Gasteiger partial charge < -0.3 is 9.84 Å². The first kappa shape index (κ1) is 12.4. The summed E-state index contributed by atoms with van der Waals surface area (Å²) in [6, 6.07) is 10.9. The molecule has 0 bridgehead atoms. The molecule has 0 aliphatic carbocycles. The van der Waals surface area contributed by atoms with E-state index in [1.165, 1.54) is 0 Å². The minimum atomic E-state index is -0.338. The van der Waals surface area contributed by atoms with Crippen molar-refractivity contribution >= 4 is 16.7 Å². The monoisotopic (exact) mass is 244 g/mol. The molecule has 0 aliphatic rings. The molecular weight excluding hydrogens is 228 g/mol. The molecule has 2 aromatic rings. The van der Waals surface area contributed by atoms with Gasteiger partial charge in [0, 0.05) is 0 Å². The number of benzene rings is 2. The first-order valence-electron chi connectivity index (χ1n) is 6.01. The number of phenolic OH excluding ortho intramolecular Hbond substituents is 1. The van der Waals surface area contributed by atoms with Gasteiger partial charge in [-0.05, 0) is 42.3 Å². The lowest BCUT2D eigenvalue weighted by molar-refractivity contribution is -0.144. The zero-order valence-electron chi connectivity index (χ0n) is 10.5. The summed E-state index contributed by atoms with van der Waals surface area (Å²) in [6.45, 7) is 3.98. The molecule has 0 saturated heterocycles. The quantitative estimate of drug-likeness (QED) is 0.843. The molecule has 1 N–H and O–H groups in total. The summed E-state index contributed by atoms with van der Waals surface area (Å²) in [6.07, 6.45) is 0. The van der Waals surface area contributed by atoms with Gasteiger partial charge in [0.05, 0.1) is 12.5 Å². The van der Waals surface area contributed by atoms with Crippen LogP contribution >= 0.6 is 0 Å². The molecule has 3 heteroatoms. The lowest BCUT2D eigenvalue weighted by atomic mass is 9.95. The molecule has 3 nitrogen and oxygen atoms in total. The van der Waals surface area contributed by atoms with Crippen molar-refractivity contribution in [1.82, 2.24) is 0 Å². The molecule has 2 rings (SSSR count). The third kappa shape index (κ3) is 2.30. The van der Waals surface area contributed by atoms with Crippen LogP contribution in [0.4, 0.5) is 0 Å². The second-order valence-electron chi connectivity index (χ2n) is 4.23. The lowest BCUT2D eigenvalue weighted by Crippen LogP contribution is -2.13. The van der Waals surface area contributed by atoms with E-state index in [4.69, 9.17) is 4.74 Å². The molecule has 1 atom stereocenters. The topological polar surface area (TPSA) is 46.5 Å². The van der Waals surface area contributed by atoms with Crippen LogP contribution in [-0.2, 0) is 9.53 Å². The van der Waals surface area contributed by atoms with Gasteiger partial charge in [0.25, 0.3) is 0 Å². The molecule has 0 heterocycles. The van der Waals surface area contributed by atoms with Crippen LogP contribution in [0.25, 0.3) is 10.8 Å². The van der Waals surface area contributed by atoms with E-state index in [0.29, 0.717) is 6.61 Å². The fraction of sp³-hybridized carbons (Fsp3) is 0.267. The molecular formula is C15H16O3. The largest absolute Gasteiger partial charge is 0.508 e. The predicted molar refractivity (Wildman–Crippen MR) is 70.7 cm³/mol. The minimum Gasteiger partial charge on any atom is -0.508 e. The number of hydrogen-bond acceptors (Lipinski definition) is 3. The Kier molecular flexibility index (Phi) is 3.51. The van der Waals surface area contributed by atoms with E-state index in [9.17, 15) is 9.90 Å². The maximum Gasteiger partial charge on any atom is 0.313 e. The molecule has 18 heavy (non-hydrogen) atoms. The van der Waals surface area contributed by atoms with Gasteiger partial charge in [-0.1, -0.05) is 24.3 Å². The van der Waals surface area contributed by atoms with Crippen molar-refractivity contribution in [2.24, 2.45) is 0 Å². The van der Waals surface area contributed by atoms with Gasteiger partial charge in [0.15, 0.2) is 0 Å². The van der Waals surface area contributed by atoms with Gasteiger partial charge in [-0.3, -0.25) is 4.79 Å². The zero-order valence-corrected chi connectivity index (χ0v) is 10.5. The normalized spacial score (nSPS) is 12.3. The number of esters is 1. The molecule has 0 amide bonds. The van der Waals surface area contributed by atoms with E-state index in [1.54, 1.807) is 19.1 Å². The number of fused-ring (bicyclic) bond motifs is 1. The molecule has 94 valence electrons. The van der Waals surface area contributed by atoms with Gasteiger partial charge in [-0.25, -0.2) is 0 Å². The Labute approximate surface area is 106 Å². The van der Waals surface area contributed by atoms with Crippen LogP contribution in [0, 0.1) is 0 Å². The highest BCUT2D eigenvalue weighted by Gasteiger charge is 2.18. The van der Waals surface area contributed by atoms with E-state index < -0.39 is 0 Å². The Bertz CT molecular complexity index is 575. The molecule has 0 aliphatic heterocycles. The number of rotatable bonds is 3. The number of carbonyl (C=O) groups is 1. The predicted octanol–water partition coefficient (Wildman–Crippen LogP) is 3.21. The highest BCUT2D eigenvalue weighted by molar-refractivity contribution is 5.91. The van der Waals surface area contributed by atoms with Crippen molar-refractivity contribution < 1.29 is 14.6 Å². The number of aromatic hydroxyl groups is 1. The minimum absolute atomic E-state index is 0.200. The number of ether oxygens (including phenoxy) is 1. The van der Waals surface area contributed by atoms with Crippen LogP contribution in [-0.4, -0.2) is 17.7 Å². The van der Waals surface area contributed by atoms with Crippen LogP contribution < -0.4 is 0 Å². The second kappa shape index (κ2) is 5.08. The summed E-state index contributed by atoms with van der Waals surface area (Å²) in [5.74, 6) is -0.380. The Morgan fingerprint density at radius 2 is 2.11 bits per heavy atom. The van der Waals surface area contributed by atoms with Gasteiger partial charge in [-0.15, -0.1) is 0 Å². The second-order valence-corrected chi connectivity index (χ2v) is 4.23. The highest BCUT2D eigenvalue weighted by Crippen LogP contribution is 2.29. The highest BCUT2D eigenvalue weighted by atomic mass is 16.5. The van der Waals surface area contributed by atoms with Crippen LogP contribution in [0.5, 0.6) is 5.75 Å². The zero-order chi connectivity index (χ0) is 13.1. The molecule has 0 aromatic heterocycles. The smallest absolute Gasteiger partial charge is 0.313 e. The lowest BCUT2D eigenvalue weighted by Gasteiger charge is -2.13. The van der Waals surface area contributed by atoms with Crippen LogP contribution in [0.2, 0.25) is 0 Å². The molecule has 2 aromatic carbocycles. The van der Waals surface area contributed by atoms with E-state index in [1.807, 2.05) is 31.2 Å². The Morgan fingerprint density at radius 1 is 1.33 bits per heavy atom. The number of hydrogen-bond donors (Lipinski definition) is 1. The molecule has 0 unspecified atom stereocenters. The summed E-state index contributed by atoms with van der Waals surface area (Å²) in [7, 11) is 0. The van der Waals surface area contributed by atoms with Crippen molar-refractivity contribution in [3.8, 4) is 5.75 Å². The average Bonchev–Trinajstić information content (AvgIpc) is 2.37. The number of carbonyl (C=O) groups excluding carboxylic acids is 1. The molecule has 0 fully saturated rings. The van der Waals surface area contributed by atoms with E-state index in [-0.39, 0.29) is 17.6 Å². The fourth-order valence-electron chi connectivity index (χ4n) is 2.06. The fourth-order valence-corrected chi connectivity index (χ4v) is 2.06. The van der Waals surface area contributed by atoms with Crippen molar-refractivity contribution in [1.29, 1.82) is 0 Å². The maximum absolute atomic E-state index is 11.8. The first-order chi connectivity index (χ1) is 8.63. The van der Waals surface area contributed by atoms with Gasteiger partial charge in [0.2, 0.25) is 0 Å². The third-order valence-electron chi connectivity index (χ3n) is 3.01. The Balaban J connectivity index is 2.50. The summed E-state index contributed by atoms with van der Waals surface area (Å²) in [4.78, 5) is 11.8. The number of phenols is 1. The standard InChI is InChI=1S/C15H16O3/c1-3-18-15(17)10(2)13-6-4-5-11-7-8-12(16)9-14(11)13/h4-10,16H,3H2,1-2H3/t10-/m0/s1. The molecule has 0 radical (unpaired) electrons. The van der Waals surface area contributed by atoms with Gasteiger partial charge >= 0.3 is 5.97 Å². The van der Waals surface area contributed by atoms with E-state index in [0.717, 1.165) is 16.3 Å². The van der Waals surface area contributed by atoms with Crippen molar-refractivity contribution in [2.75, 3.05) is 6.61 Å². The van der Waals surface area contributed by atoms with E-state index in [2.05, 4.69) is 0 Å². The molecule has 0 spiro atoms. The first-order valence-corrected chi connectivity index (χ1v) is 6.01. The van der Waals surface area contributed by atoms with E-state index >= 15 is 0 Å². The van der Waals surface area contributed by atoms with Crippen molar-refractivity contribution in [3.63, 3.8) is 0 Å². The Morgan fingerprint density at radius 3 is 2.83 bits per heavy atom. The Hall–Kier alpha value is -2.03. The van der Waals surface area contributed by atoms with Crippen LogP contribution in [0.3, 0.4) is 0 Å². The summed E-state index contributed by atoms with van der Waals surface area (Å²) < 4.78 is 5.04.